The molecule has 1 amide bonds. The van der Waals surface area contributed by atoms with Gasteiger partial charge in [-0.1, -0.05) is 30.3 Å². The molecule has 25 heavy (non-hydrogen) atoms. The first-order valence-corrected chi connectivity index (χ1v) is 8.25. The number of carbonyl (C=O) groups is 1. The lowest BCUT2D eigenvalue weighted by Gasteiger charge is -2.39. The Morgan fingerprint density at radius 3 is 3.04 bits per heavy atom. The zero-order chi connectivity index (χ0) is 17.3. The van der Waals surface area contributed by atoms with Gasteiger partial charge in [-0.25, -0.2) is 4.79 Å². The second-order valence-electron chi connectivity index (χ2n) is 6.34. The number of quaternary nitrogens is 1. The van der Waals surface area contributed by atoms with Crippen molar-refractivity contribution in [2.45, 2.75) is 18.6 Å². The first-order valence-electron chi connectivity index (χ1n) is 8.25. The number of hydroxylamine groups is 1. The molecule has 0 bridgehead atoms. The third-order valence-electron chi connectivity index (χ3n) is 4.79. The Hall–Kier alpha value is -2.48. The van der Waals surface area contributed by atoms with Crippen molar-refractivity contribution in [2.75, 3.05) is 19.8 Å². The zero-order valence-corrected chi connectivity index (χ0v) is 13.7. The van der Waals surface area contributed by atoms with E-state index < -0.39 is 5.60 Å². The van der Waals surface area contributed by atoms with E-state index in [-0.39, 0.29) is 24.5 Å². The molecule has 0 radical (unpaired) electrons. The van der Waals surface area contributed by atoms with Crippen LogP contribution in [0.3, 0.4) is 0 Å². The summed E-state index contributed by atoms with van der Waals surface area (Å²) < 4.78 is 11.3. The molecule has 2 aliphatic rings. The molecule has 4 rings (SSSR count). The molecule has 7 heteroatoms. The summed E-state index contributed by atoms with van der Waals surface area (Å²) in [4.78, 5) is 18.1. The van der Waals surface area contributed by atoms with Crippen LogP contribution in [0.5, 0.6) is 0 Å². The van der Waals surface area contributed by atoms with Crippen molar-refractivity contribution in [3.05, 3.63) is 65.1 Å². The van der Waals surface area contributed by atoms with Crippen molar-refractivity contribution in [3.8, 4) is 0 Å². The van der Waals surface area contributed by atoms with Crippen LogP contribution in [0, 0.1) is 5.21 Å². The highest BCUT2D eigenvalue weighted by Crippen LogP contribution is 2.39. The highest BCUT2D eigenvalue weighted by Gasteiger charge is 2.48. The maximum absolute atomic E-state index is 12.4. The number of hydrogen-bond donors (Lipinski definition) is 1. The summed E-state index contributed by atoms with van der Waals surface area (Å²) >= 11 is 0. The SMILES string of the molecule is O=C(OCc1ccccc1)N1CCC2(C1)OC[NH+]([O-])c1cnccc12. The van der Waals surface area contributed by atoms with Gasteiger partial charge in [0.25, 0.3) is 0 Å². The fourth-order valence-corrected chi connectivity index (χ4v) is 3.46. The number of rotatable bonds is 2. The van der Waals surface area contributed by atoms with Crippen LogP contribution < -0.4 is 5.06 Å². The molecule has 2 unspecified atom stereocenters. The van der Waals surface area contributed by atoms with Crippen LogP contribution in [0.25, 0.3) is 0 Å². The summed E-state index contributed by atoms with van der Waals surface area (Å²) in [5, 5.41) is 12.0. The van der Waals surface area contributed by atoms with Gasteiger partial charge in [0.05, 0.1) is 18.3 Å². The summed E-state index contributed by atoms with van der Waals surface area (Å²) in [5.41, 5.74) is 1.71. The van der Waals surface area contributed by atoms with Crippen LogP contribution in [0.4, 0.5) is 10.5 Å². The molecule has 7 nitrogen and oxygen atoms in total. The monoisotopic (exact) mass is 341 g/mol. The lowest BCUT2D eigenvalue weighted by atomic mass is 9.91. The fraction of sp³-hybridized carbons (Fsp3) is 0.333. The summed E-state index contributed by atoms with van der Waals surface area (Å²) in [5.74, 6) is 0. The number of nitrogens with zero attached hydrogens (tertiary/aromatic N) is 2. The molecular weight excluding hydrogens is 322 g/mol. The van der Waals surface area contributed by atoms with Crippen molar-refractivity contribution in [1.82, 2.24) is 9.88 Å². The lowest BCUT2D eigenvalue weighted by Crippen LogP contribution is -3.04. The number of benzene rings is 1. The Morgan fingerprint density at radius 2 is 2.20 bits per heavy atom. The van der Waals surface area contributed by atoms with Crippen LogP contribution in [0.2, 0.25) is 0 Å². The van der Waals surface area contributed by atoms with Gasteiger partial charge in [-0.2, -0.15) is 0 Å². The Balaban J connectivity index is 1.46. The molecule has 1 fully saturated rings. The topological polar surface area (TPSA) is 79.2 Å². The number of nitrogens with one attached hydrogen (secondary N) is 1. The smallest absolute Gasteiger partial charge is 0.410 e. The first-order chi connectivity index (χ1) is 12.2. The zero-order valence-electron chi connectivity index (χ0n) is 13.7. The molecule has 0 aliphatic carbocycles. The van der Waals surface area contributed by atoms with E-state index in [4.69, 9.17) is 9.47 Å². The van der Waals surface area contributed by atoms with E-state index >= 15 is 0 Å². The highest BCUT2D eigenvalue weighted by molar-refractivity contribution is 5.68. The van der Waals surface area contributed by atoms with E-state index in [1.165, 1.54) is 0 Å². The minimum Gasteiger partial charge on any atom is -0.627 e. The molecule has 1 aromatic heterocycles. The van der Waals surface area contributed by atoms with E-state index in [0.29, 0.717) is 25.2 Å². The van der Waals surface area contributed by atoms with Gasteiger partial charge >= 0.3 is 6.09 Å². The van der Waals surface area contributed by atoms with E-state index in [9.17, 15) is 10.0 Å². The molecule has 2 aromatic rings. The molecule has 1 N–H and O–H groups in total. The second-order valence-corrected chi connectivity index (χ2v) is 6.34. The number of hydrogen-bond acceptors (Lipinski definition) is 5. The van der Waals surface area contributed by atoms with Gasteiger partial charge < -0.3 is 24.6 Å². The molecule has 3 heterocycles. The quantitative estimate of drug-likeness (QED) is 0.834. The van der Waals surface area contributed by atoms with Crippen molar-refractivity contribution >= 4 is 11.8 Å². The van der Waals surface area contributed by atoms with Gasteiger partial charge in [-0.3, -0.25) is 4.98 Å². The van der Waals surface area contributed by atoms with Gasteiger partial charge in [0.15, 0.2) is 12.4 Å². The van der Waals surface area contributed by atoms with E-state index in [2.05, 4.69) is 4.98 Å². The predicted molar refractivity (Wildman–Crippen MR) is 88.7 cm³/mol. The second kappa shape index (κ2) is 6.44. The minimum atomic E-state index is -0.641. The van der Waals surface area contributed by atoms with E-state index in [1.54, 1.807) is 17.3 Å². The first kappa shape index (κ1) is 16.0. The molecule has 1 spiro atoms. The van der Waals surface area contributed by atoms with Gasteiger partial charge in [0.2, 0.25) is 0 Å². The third kappa shape index (κ3) is 2.97. The number of likely N-dealkylation sites (tertiary alicyclic amines) is 1. The van der Waals surface area contributed by atoms with Gasteiger partial charge in [0.1, 0.15) is 12.2 Å². The third-order valence-corrected chi connectivity index (χ3v) is 4.79. The van der Waals surface area contributed by atoms with Crippen molar-refractivity contribution in [2.24, 2.45) is 0 Å². The largest absolute Gasteiger partial charge is 0.627 e. The predicted octanol–water partition coefficient (Wildman–Crippen LogP) is 1.32. The van der Waals surface area contributed by atoms with Gasteiger partial charge in [0, 0.05) is 19.2 Å². The van der Waals surface area contributed by atoms with E-state index in [0.717, 1.165) is 11.1 Å². The summed E-state index contributed by atoms with van der Waals surface area (Å²) in [7, 11) is 0. The Bertz CT molecular complexity index is 770. The number of aromatic nitrogens is 1. The normalized spacial score (nSPS) is 25.0. The van der Waals surface area contributed by atoms with Crippen molar-refractivity contribution in [1.29, 1.82) is 0 Å². The van der Waals surface area contributed by atoms with Crippen LogP contribution >= 0.6 is 0 Å². The maximum Gasteiger partial charge on any atom is 0.410 e. The number of ether oxygens (including phenoxy) is 2. The van der Waals surface area contributed by atoms with Crippen molar-refractivity contribution < 1.29 is 19.3 Å². The fourth-order valence-electron chi connectivity index (χ4n) is 3.46. The lowest BCUT2D eigenvalue weighted by molar-refractivity contribution is -0.812. The van der Waals surface area contributed by atoms with Crippen LogP contribution in [0.15, 0.2) is 48.8 Å². The molecule has 130 valence electrons. The van der Waals surface area contributed by atoms with Crippen molar-refractivity contribution in [3.63, 3.8) is 0 Å². The van der Waals surface area contributed by atoms with Gasteiger partial charge in [-0.05, 0) is 11.6 Å². The molecule has 2 aliphatic heterocycles. The standard InChI is InChI=1S/C18H19N3O4/c22-17(24-11-14-4-2-1-3-5-14)20-9-7-18(12-20)15-6-8-19-10-16(15)21(23)13-25-18/h1-6,8,10,21H,7,9,11-13H2. The molecule has 1 aromatic carbocycles. The average Bonchev–Trinajstić information content (AvgIpc) is 3.09. The summed E-state index contributed by atoms with van der Waals surface area (Å²) in [6.07, 6.45) is 3.51. The number of pyridine rings is 1. The van der Waals surface area contributed by atoms with Crippen LogP contribution in [-0.2, 0) is 21.7 Å². The van der Waals surface area contributed by atoms with E-state index in [1.807, 2.05) is 36.4 Å². The average molecular weight is 341 g/mol. The minimum absolute atomic E-state index is 0.0194. The molecule has 2 atom stereocenters. The molecule has 1 saturated heterocycles. The number of amides is 1. The molecule has 0 saturated carbocycles. The summed E-state index contributed by atoms with van der Waals surface area (Å²) in [6, 6.07) is 11.4. The number of fused-ring (bicyclic) bond motifs is 2. The van der Waals surface area contributed by atoms with Gasteiger partial charge in [-0.15, -0.1) is 0 Å². The Morgan fingerprint density at radius 1 is 1.36 bits per heavy atom. The summed E-state index contributed by atoms with van der Waals surface area (Å²) in [6.45, 7) is 1.17. The molecular formula is C18H19N3O4. The number of carbonyl (C=O) groups excluding carboxylic acids is 1. The highest BCUT2D eigenvalue weighted by atomic mass is 16.6. The maximum atomic E-state index is 12.4. The van der Waals surface area contributed by atoms with Crippen LogP contribution in [-0.4, -0.2) is 35.8 Å². The Kier molecular flexibility index (Phi) is 4.12. The van der Waals surface area contributed by atoms with Crippen LogP contribution in [0.1, 0.15) is 17.5 Å². The Labute approximate surface area is 145 Å².